The Balaban J connectivity index is 2.00. The van der Waals surface area contributed by atoms with E-state index < -0.39 is 0 Å². The monoisotopic (exact) mass is 154 g/mol. The van der Waals surface area contributed by atoms with Crippen LogP contribution in [0, 0.1) is 11.3 Å². The van der Waals surface area contributed by atoms with Crippen LogP contribution < -0.4 is 5.32 Å². The molecule has 1 aliphatic carbocycles. The van der Waals surface area contributed by atoms with Crippen molar-refractivity contribution >= 4 is 0 Å². The van der Waals surface area contributed by atoms with Crippen molar-refractivity contribution < 1.29 is 5.11 Å². The molecule has 0 saturated heterocycles. The van der Waals surface area contributed by atoms with Gasteiger partial charge in [-0.3, -0.25) is 0 Å². The average Bonchev–Trinajstić information content (AvgIpc) is 2.80. The molecule has 0 bridgehead atoms. The van der Waals surface area contributed by atoms with E-state index in [4.69, 9.17) is 10.4 Å². The molecule has 0 aromatic heterocycles. The molecule has 3 nitrogen and oxygen atoms in total. The Hall–Kier alpha value is -0.590. The molecule has 0 spiro atoms. The van der Waals surface area contributed by atoms with Crippen LogP contribution in [0.2, 0.25) is 0 Å². The minimum Gasteiger partial charge on any atom is -0.394 e. The van der Waals surface area contributed by atoms with E-state index in [1.807, 2.05) is 0 Å². The van der Waals surface area contributed by atoms with Crippen LogP contribution in [0.25, 0.3) is 0 Å². The van der Waals surface area contributed by atoms with Crippen LogP contribution in [-0.4, -0.2) is 23.8 Å². The number of nitriles is 1. The largest absolute Gasteiger partial charge is 0.394 e. The van der Waals surface area contributed by atoms with Crippen LogP contribution in [0.1, 0.15) is 25.7 Å². The Kier molecular flexibility index (Phi) is 2.86. The zero-order valence-electron chi connectivity index (χ0n) is 6.64. The lowest BCUT2D eigenvalue weighted by Crippen LogP contribution is -2.35. The van der Waals surface area contributed by atoms with E-state index >= 15 is 0 Å². The summed E-state index contributed by atoms with van der Waals surface area (Å²) in [4.78, 5) is 0. The summed E-state index contributed by atoms with van der Waals surface area (Å²) >= 11 is 0. The lowest BCUT2D eigenvalue weighted by atomic mass is 10.2. The molecule has 0 aromatic carbocycles. The third-order valence-corrected chi connectivity index (χ3v) is 2.12. The summed E-state index contributed by atoms with van der Waals surface area (Å²) in [7, 11) is 0. The van der Waals surface area contributed by atoms with Gasteiger partial charge >= 0.3 is 0 Å². The number of nitrogens with zero attached hydrogens (tertiary/aromatic N) is 1. The summed E-state index contributed by atoms with van der Waals surface area (Å²) in [6.07, 6.45) is 3.65. The van der Waals surface area contributed by atoms with Gasteiger partial charge < -0.3 is 10.4 Å². The molecular weight excluding hydrogens is 140 g/mol. The fraction of sp³-hybridized carbons (Fsp3) is 0.875. The first kappa shape index (κ1) is 8.51. The molecule has 0 aliphatic heterocycles. The lowest BCUT2D eigenvalue weighted by molar-refractivity contribution is 0.230. The zero-order valence-corrected chi connectivity index (χ0v) is 6.64. The highest BCUT2D eigenvalue weighted by molar-refractivity contribution is 5.01. The molecule has 62 valence electrons. The van der Waals surface area contributed by atoms with E-state index in [2.05, 4.69) is 11.4 Å². The number of hydrogen-bond donors (Lipinski definition) is 2. The second-order valence-corrected chi connectivity index (χ2v) is 3.13. The number of nitrogens with one attached hydrogen (secondary N) is 1. The molecular formula is C8H14N2O. The maximum atomic E-state index is 8.89. The maximum absolute atomic E-state index is 8.89. The number of aliphatic hydroxyl groups is 1. The number of aliphatic hydroxyl groups excluding tert-OH is 1. The van der Waals surface area contributed by atoms with Gasteiger partial charge in [0.05, 0.1) is 12.7 Å². The van der Waals surface area contributed by atoms with Crippen LogP contribution in [0.4, 0.5) is 0 Å². The van der Waals surface area contributed by atoms with Gasteiger partial charge in [0, 0.05) is 12.0 Å². The van der Waals surface area contributed by atoms with E-state index in [0.717, 1.165) is 25.8 Å². The number of unbranched alkanes of at least 4 members (excludes halogenated alkanes) is 1. The smallest absolute Gasteiger partial charge is 0.0622 e. The van der Waals surface area contributed by atoms with E-state index in [9.17, 15) is 0 Å². The highest BCUT2D eigenvalue weighted by Crippen LogP contribution is 2.34. The van der Waals surface area contributed by atoms with Crippen molar-refractivity contribution in [1.82, 2.24) is 5.32 Å². The Labute approximate surface area is 67.0 Å². The predicted molar refractivity (Wildman–Crippen MR) is 41.9 cm³/mol. The Morgan fingerprint density at radius 2 is 2.27 bits per heavy atom. The molecule has 0 aromatic rings. The average molecular weight is 154 g/mol. The van der Waals surface area contributed by atoms with E-state index in [1.165, 1.54) is 0 Å². The SMILES string of the molecule is N#CCCCNC1(CO)CC1. The highest BCUT2D eigenvalue weighted by Gasteiger charge is 2.40. The quantitative estimate of drug-likeness (QED) is 0.564. The summed E-state index contributed by atoms with van der Waals surface area (Å²) in [5.41, 5.74) is 0.0372. The molecule has 11 heavy (non-hydrogen) atoms. The predicted octanol–water partition coefficient (Wildman–Crippen LogP) is 0.405. The Bertz CT molecular complexity index is 158. The van der Waals surface area contributed by atoms with Gasteiger partial charge in [0.25, 0.3) is 0 Å². The molecule has 0 unspecified atom stereocenters. The van der Waals surface area contributed by atoms with E-state index in [1.54, 1.807) is 0 Å². The molecule has 0 radical (unpaired) electrons. The normalized spacial score (nSPS) is 19.3. The van der Waals surface area contributed by atoms with E-state index in [-0.39, 0.29) is 12.1 Å². The van der Waals surface area contributed by atoms with Gasteiger partial charge in [0.15, 0.2) is 0 Å². The fourth-order valence-corrected chi connectivity index (χ4v) is 1.06. The van der Waals surface area contributed by atoms with Gasteiger partial charge in [0.2, 0.25) is 0 Å². The number of rotatable bonds is 5. The van der Waals surface area contributed by atoms with Crippen molar-refractivity contribution in [1.29, 1.82) is 5.26 Å². The molecule has 3 heteroatoms. The van der Waals surface area contributed by atoms with Crippen molar-refractivity contribution in [2.45, 2.75) is 31.2 Å². The third kappa shape index (κ3) is 2.49. The van der Waals surface area contributed by atoms with Gasteiger partial charge in [-0.15, -0.1) is 0 Å². The molecule has 1 rings (SSSR count). The second-order valence-electron chi connectivity index (χ2n) is 3.13. The van der Waals surface area contributed by atoms with Gasteiger partial charge in [0.1, 0.15) is 0 Å². The van der Waals surface area contributed by atoms with Crippen LogP contribution >= 0.6 is 0 Å². The minimum atomic E-state index is 0.0372. The summed E-state index contributed by atoms with van der Waals surface area (Å²) in [5, 5.41) is 20.4. The third-order valence-electron chi connectivity index (χ3n) is 2.12. The summed E-state index contributed by atoms with van der Waals surface area (Å²) in [6, 6.07) is 2.09. The summed E-state index contributed by atoms with van der Waals surface area (Å²) < 4.78 is 0. The topological polar surface area (TPSA) is 56.0 Å². The van der Waals surface area contributed by atoms with Crippen LogP contribution in [0.5, 0.6) is 0 Å². The Morgan fingerprint density at radius 1 is 1.55 bits per heavy atom. The van der Waals surface area contributed by atoms with Crippen LogP contribution in [0.3, 0.4) is 0 Å². The van der Waals surface area contributed by atoms with Gasteiger partial charge in [-0.2, -0.15) is 5.26 Å². The van der Waals surface area contributed by atoms with Crippen molar-refractivity contribution in [3.05, 3.63) is 0 Å². The molecule has 2 N–H and O–H groups in total. The summed E-state index contributed by atoms with van der Waals surface area (Å²) in [6.45, 7) is 1.09. The van der Waals surface area contributed by atoms with Gasteiger partial charge in [-0.05, 0) is 25.8 Å². The van der Waals surface area contributed by atoms with E-state index in [0.29, 0.717) is 6.42 Å². The molecule has 0 amide bonds. The standard InChI is InChI=1S/C8H14N2O/c9-5-1-2-6-10-8(7-11)3-4-8/h10-11H,1-4,6-7H2. The summed E-state index contributed by atoms with van der Waals surface area (Å²) in [5.74, 6) is 0. The second kappa shape index (κ2) is 3.70. The first-order valence-electron chi connectivity index (χ1n) is 4.06. The number of hydrogen-bond acceptors (Lipinski definition) is 3. The van der Waals surface area contributed by atoms with Crippen LogP contribution in [-0.2, 0) is 0 Å². The van der Waals surface area contributed by atoms with Crippen molar-refractivity contribution in [3.8, 4) is 6.07 Å². The van der Waals surface area contributed by atoms with Crippen molar-refractivity contribution in [2.75, 3.05) is 13.2 Å². The molecule has 1 fully saturated rings. The van der Waals surface area contributed by atoms with Crippen molar-refractivity contribution in [3.63, 3.8) is 0 Å². The Morgan fingerprint density at radius 3 is 2.73 bits per heavy atom. The zero-order chi connectivity index (χ0) is 8.16. The first-order valence-corrected chi connectivity index (χ1v) is 4.06. The maximum Gasteiger partial charge on any atom is 0.0622 e. The van der Waals surface area contributed by atoms with Crippen molar-refractivity contribution in [2.24, 2.45) is 0 Å². The molecule has 1 aliphatic rings. The molecule has 0 atom stereocenters. The first-order chi connectivity index (χ1) is 5.33. The fourth-order valence-electron chi connectivity index (χ4n) is 1.06. The highest BCUT2D eigenvalue weighted by atomic mass is 16.3. The van der Waals surface area contributed by atoms with Gasteiger partial charge in [-0.25, -0.2) is 0 Å². The minimum absolute atomic E-state index is 0.0372. The van der Waals surface area contributed by atoms with Gasteiger partial charge in [-0.1, -0.05) is 0 Å². The molecule has 0 heterocycles. The lowest BCUT2D eigenvalue weighted by Gasteiger charge is -2.12. The van der Waals surface area contributed by atoms with Crippen LogP contribution in [0.15, 0.2) is 0 Å². The molecule has 1 saturated carbocycles.